The van der Waals surface area contributed by atoms with E-state index >= 15 is 0 Å². The normalized spacial score (nSPS) is 21.9. The Hall–Kier alpha value is -0.580. The van der Waals surface area contributed by atoms with Crippen molar-refractivity contribution in [3.63, 3.8) is 0 Å². The third-order valence-electron chi connectivity index (χ3n) is 4.85. The highest BCUT2D eigenvalue weighted by molar-refractivity contribution is 7.91. The van der Waals surface area contributed by atoms with Crippen molar-refractivity contribution in [3.05, 3.63) is 33.8 Å². The van der Waals surface area contributed by atoms with Crippen LogP contribution in [0.3, 0.4) is 0 Å². The van der Waals surface area contributed by atoms with Crippen molar-refractivity contribution in [1.82, 2.24) is 0 Å². The zero-order chi connectivity index (χ0) is 17.9. The highest BCUT2D eigenvalue weighted by Crippen LogP contribution is 2.32. The van der Waals surface area contributed by atoms with Gasteiger partial charge in [-0.15, -0.1) is 0 Å². The van der Waals surface area contributed by atoms with E-state index in [1.54, 1.807) is 26.0 Å². The summed E-state index contributed by atoms with van der Waals surface area (Å²) in [6, 6.07) is 5.27. The summed E-state index contributed by atoms with van der Waals surface area (Å²) >= 11 is 11.9. The number of carbonyl (C=O) groups is 1. The van der Waals surface area contributed by atoms with Crippen molar-refractivity contribution in [2.24, 2.45) is 11.8 Å². The van der Waals surface area contributed by atoms with Crippen LogP contribution < -0.4 is 0 Å². The molecule has 0 aliphatic heterocycles. The van der Waals surface area contributed by atoms with Crippen molar-refractivity contribution < 1.29 is 13.2 Å². The van der Waals surface area contributed by atoms with Crippen molar-refractivity contribution in [1.29, 1.82) is 0 Å². The molecule has 0 spiro atoms. The summed E-state index contributed by atoms with van der Waals surface area (Å²) in [5.74, 6) is 0.667. The molecule has 0 N–H and O–H groups in total. The molecule has 0 unspecified atom stereocenters. The van der Waals surface area contributed by atoms with Crippen molar-refractivity contribution in [2.75, 3.05) is 5.75 Å². The number of carbonyl (C=O) groups excluding carboxylic acids is 1. The van der Waals surface area contributed by atoms with Crippen LogP contribution >= 0.6 is 23.2 Å². The lowest BCUT2D eigenvalue weighted by atomic mass is 9.79. The van der Waals surface area contributed by atoms with Gasteiger partial charge in [-0.1, -0.05) is 29.3 Å². The van der Waals surface area contributed by atoms with Crippen LogP contribution in [0.1, 0.15) is 45.1 Å². The first-order valence-corrected chi connectivity index (χ1v) is 10.8. The zero-order valence-electron chi connectivity index (χ0n) is 14.1. The maximum atomic E-state index is 12.5. The van der Waals surface area contributed by atoms with Gasteiger partial charge in [-0.2, -0.15) is 0 Å². The van der Waals surface area contributed by atoms with Gasteiger partial charge in [0, 0.05) is 12.3 Å². The highest BCUT2D eigenvalue weighted by atomic mass is 35.5. The maximum Gasteiger partial charge on any atom is 0.152 e. The van der Waals surface area contributed by atoms with Crippen LogP contribution in [0.15, 0.2) is 18.2 Å². The average molecular weight is 391 g/mol. The minimum Gasteiger partial charge on any atom is -0.299 e. The minimum absolute atomic E-state index is 0.0254. The summed E-state index contributed by atoms with van der Waals surface area (Å²) in [7, 11) is -3.01. The maximum absolute atomic E-state index is 12.5. The fourth-order valence-electron chi connectivity index (χ4n) is 3.17. The highest BCUT2D eigenvalue weighted by Gasteiger charge is 2.29. The van der Waals surface area contributed by atoms with Crippen LogP contribution in [0.2, 0.25) is 10.0 Å². The summed E-state index contributed by atoms with van der Waals surface area (Å²) in [5, 5.41) is 0.621. The Morgan fingerprint density at radius 3 is 2.29 bits per heavy atom. The molecule has 0 atom stereocenters. The SMILES string of the molecule is CC(C)S(=O)(=O)CC1CCC(C(=O)Cc2ccc(Cl)c(Cl)c2)CC1. The van der Waals surface area contributed by atoms with Gasteiger partial charge in [-0.3, -0.25) is 4.79 Å². The number of halogens is 2. The van der Waals surface area contributed by atoms with Gasteiger partial charge in [0.25, 0.3) is 0 Å². The Bertz CT molecular complexity index is 690. The molecular weight excluding hydrogens is 367 g/mol. The summed E-state index contributed by atoms with van der Waals surface area (Å²) in [6.45, 7) is 3.45. The molecule has 1 aliphatic carbocycles. The third kappa shape index (κ3) is 5.21. The Labute approximate surface area is 154 Å². The molecular formula is C18H24Cl2O3S. The van der Waals surface area contributed by atoms with Crippen molar-refractivity contribution in [3.8, 4) is 0 Å². The lowest BCUT2D eigenvalue weighted by Crippen LogP contribution is -2.29. The van der Waals surface area contributed by atoms with E-state index < -0.39 is 9.84 Å². The Morgan fingerprint density at radius 1 is 1.12 bits per heavy atom. The molecule has 3 nitrogen and oxygen atoms in total. The molecule has 1 saturated carbocycles. The van der Waals surface area contributed by atoms with Crippen LogP contribution in [0.25, 0.3) is 0 Å². The number of sulfone groups is 1. The van der Waals surface area contributed by atoms with Gasteiger partial charge in [0.2, 0.25) is 0 Å². The number of hydrogen-bond acceptors (Lipinski definition) is 3. The summed E-state index contributed by atoms with van der Waals surface area (Å²) in [4.78, 5) is 12.5. The monoisotopic (exact) mass is 390 g/mol. The third-order valence-corrected chi connectivity index (χ3v) is 7.96. The predicted octanol–water partition coefficient (Wildman–Crippen LogP) is 4.73. The van der Waals surface area contributed by atoms with Crippen LogP contribution in [-0.2, 0) is 21.1 Å². The van der Waals surface area contributed by atoms with E-state index in [0.717, 1.165) is 31.2 Å². The van der Waals surface area contributed by atoms with E-state index in [-0.39, 0.29) is 28.6 Å². The number of hydrogen-bond donors (Lipinski definition) is 0. The van der Waals surface area contributed by atoms with Crippen LogP contribution in [0.5, 0.6) is 0 Å². The summed E-state index contributed by atoms with van der Waals surface area (Å²) in [5.41, 5.74) is 0.874. The Morgan fingerprint density at radius 2 is 1.75 bits per heavy atom. The van der Waals surface area contributed by atoms with Gasteiger partial charge in [0.15, 0.2) is 9.84 Å². The summed E-state index contributed by atoms with van der Waals surface area (Å²) < 4.78 is 24.0. The molecule has 0 bridgehead atoms. The Kier molecular flexibility index (Phi) is 6.74. The molecule has 0 radical (unpaired) electrons. The van der Waals surface area contributed by atoms with Crippen LogP contribution in [0, 0.1) is 11.8 Å². The van der Waals surface area contributed by atoms with E-state index in [0.29, 0.717) is 16.5 Å². The molecule has 0 saturated heterocycles. The second kappa shape index (κ2) is 8.20. The number of benzene rings is 1. The largest absolute Gasteiger partial charge is 0.299 e. The first-order valence-electron chi connectivity index (χ1n) is 8.37. The molecule has 1 aromatic carbocycles. The Balaban J connectivity index is 1.87. The molecule has 0 heterocycles. The predicted molar refractivity (Wildman–Crippen MR) is 99.5 cm³/mol. The molecule has 1 aliphatic rings. The quantitative estimate of drug-likeness (QED) is 0.704. The van der Waals surface area contributed by atoms with Gasteiger partial charge in [-0.25, -0.2) is 8.42 Å². The van der Waals surface area contributed by atoms with Crippen molar-refractivity contribution in [2.45, 2.75) is 51.2 Å². The fourth-order valence-corrected chi connectivity index (χ4v) is 4.86. The smallest absolute Gasteiger partial charge is 0.152 e. The van der Waals surface area contributed by atoms with E-state index in [2.05, 4.69) is 0 Å². The standard InChI is InChI=1S/C18H24Cl2O3S/c1-12(2)24(22,23)11-13-3-6-15(7-4-13)18(21)10-14-5-8-16(19)17(20)9-14/h5,8-9,12-13,15H,3-4,6-7,10-11H2,1-2H3. The van der Waals surface area contributed by atoms with Gasteiger partial charge >= 0.3 is 0 Å². The molecule has 1 fully saturated rings. The van der Waals surface area contributed by atoms with Crippen LogP contribution in [-0.4, -0.2) is 25.2 Å². The van der Waals surface area contributed by atoms with Crippen LogP contribution in [0.4, 0.5) is 0 Å². The topological polar surface area (TPSA) is 51.2 Å². The van der Waals surface area contributed by atoms with E-state index in [1.165, 1.54) is 0 Å². The molecule has 1 aromatic rings. The van der Waals surface area contributed by atoms with Gasteiger partial charge in [-0.05, 0) is 63.1 Å². The second-order valence-corrected chi connectivity index (χ2v) is 10.4. The average Bonchev–Trinajstić information content (AvgIpc) is 2.51. The molecule has 2 rings (SSSR count). The molecule has 0 aromatic heterocycles. The lowest BCUT2D eigenvalue weighted by molar-refractivity contribution is -0.123. The van der Waals surface area contributed by atoms with Crippen molar-refractivity contribution >= 4 is 38.8 Å². The first-order chi connectivity index (χ1) is 11.2. The van der Waals surface area contributed by atoms with E-state index in [4.69, 9.17) is 23.2 Å². The zero-order valence-corrected chi connectivity index (χ0v) is 16.4. The molecule has 24 heavy (non-hydrogen) atoms. The molecule has 0 amide bonds. The number of Topliss-reactive ketones (excluding diaryl/α,β-unsaturated/α-hetero) is 1. The van der Waals surface area contributed by atoms with Gasteiger partial charge in [0.1, 0.15) is 5.78 Å². The van der Waals surface area contributed by atoms with E-state index in [1.807, 2.05) is 6.07 Å². The van der Waals surface area contributed by atoms with Gasteiger partial charge < -0.3 is 0 Å². The number of ketones is 1. The molecule has 6 heteroatoms. The molecule has 134 valence electrons. The lowest BCUT2D eigenvalue weighted by Gasteiger charge is -2.28. The summed E-state index contributed by atoms with van der Waals surface area (Å²) in [6.07, 6.45) is 3.53. The fraction of sp³-hybridized carbons (Fsp3) is 0.611. The second-order valence-electron chi connectivity index (χ2n) is 6.99. The number of rotatable bonds is 6. The first kappa shape index (κ1) is 19.7. The van der Waals surface area contributed by atoms with Gasteiger partial charge in [0.05, 0.1) is 21.0 Å². The minimum atomic E-state index is -3.01. The van der Waals surface area contributed by atoms with E-state index in [9.17, 15) is 13.2 Å².